The Bertz CT molecular complexity index is 209. The maximum absolute atomic E-state index is 10.9. The molecule has 5 heteroatoms. The standard InChI is InChI=1S/C8H12O5/c1-4-11-7(9)6(3)8(10)13-12-5-2/h3-5H2,1-2H3. The number of carbonyl (C=O) groups is 2. The fourth-order valence-corrected chi connectivity index (χ4v) is 0.464. The summed E-state index contributed by atoms with van der Waals surface area (Å²) >= 11 is 0. The van der Waals surface area contributed by atoms with Gasteiger partial charge in [0.15, 0.2) is 0 Å². The summed E-state index contributed by atoms with van der Waals surface area (Å²) in [4.78, 5) is 30.2. The highest BCUT2D eigenvalue weighted by molar-refractivity contribution is 6.13. The number of ether oxygens (including phenoxy) is 1. The molecule has 0 fully saturated rings. The van der Waals surface area contributed by atoms with Crippen LogP contribution >= 0.6 is 0 Å². The van der Waals surface area contributed by atoms with Crippen LogP contribution in [0.4, 0.5) is 0 Å². The third kappa shape index (κ3) is 4.27. The second-order valence-corrected chi connectivity index (χ2v) is 1.98. The van der Waals surface area contributed by atoms with Crippen LogP contribution in [0.1, 0.15) is 13.8 Å². The van der Waals surface area contributed by atoms with Gasteiger partial charge in [-0.1, -0.05) is 6.58 Å². The minimum Gasteiger partial charge on any atom is -0.462 e. The minimum atomic E-state index is -0.930. The second kappa shape index (κ2) is 6.19. The zero-order chi connectivity index (χ0) is 10.3. The van der Waals surface area contributed by atoms with Gasteiger partial charge in [0.2, 0.25) is 0 Å². The van der Waals surface area contributed by atoms with Crippen LogP contribution in [0.2, 0.25) is 0 Å². The van der Waals surface area contributed by atoms with E-state index in [1.807, 2.05) is 0 Å². The maximum Gasteiger partial charge on any atom is 0.379 e. The van der Waals surface area contributed by atoms with Crippen molar-refractivity contribution in [3.05, 3.63) is 12.2 Å². The van der Waals surface area contributed by atoms with Gasteiger partial charge in [0.25, 0.3) is 0 Å². The van der Waals surface area contributed by atoms with Crippen LogP contribution in [0.25, 0.3) is 0 Å². The van der Waals surface area contributed by atoms with E-state index in [9.17, 15) is 9.59 Å². The molecule has 0 bridgehead atoms. The molecule has 0 aromatic heterocycles. The predicted molar refractivity (Wildman–Crippen MR) is 43.5 cm³/mol. The number of carbonyl (C=O) groups excluding carboxylic acids is 2. The number of esters is 1. The van der Waals surface area contributed by atoms with E-state index in [2.05, 4.69) is 21.1 Å². The number of rotatable bonds is 5. The van der Waals surface area contributed by atoms with Gasteiger partial charge in [-0.2, -0.15) is 4.89 Å². The second-order valence-electron chi connectivity index (χ2n) is 1.98. The molecule has 0 aliphatic rings. The molecule has 0 aromatic rings. The monoisotopic (exact) mass is 188 g/mol. The molecular formula is C8H12O5. The first-order valence-electron chi connectivity index (χ1n) is 3.83. The first-order chi connectivity index (χ1) is 6.13. The molecule has 74 valence electrons. The average molecular weight is 188 g/mol. The van der Waals surface area contributed by atoms with Crippen LogP contribution in [0, 0.1) is 0 Å². The molecule has 0 rings (SSSR count). The summed E-state index contributed by atoms with van der Waals surface area (Å²) in [5, 5.41) is 0. The third-order valence-electron chi connectivity index (χ3n) is 1.02. The highest BCUT2D eigenvalue weighted by Gasteiger charge is 2.18. The van der Waals surface area contributed by atoms with Gasteiger partial charge >= 0.3 is 11.9 Å². The van der Waals surface area contributed by atoms with Gasteiger partial charge in [0, 0.05) is 0 Å². The molecule has 0 spiro atoms. The van der Waals surface area contributed by atoms with E-state index in [0.717, 1.165) is 0 Å². The van der Waals surface area contributed by atoms with E-state index < -0.39 is 11.9 Å². The molecule has 0 aliphatic heterocycles. The molecule has 0 saturated carbocycles. The molecule has 0 saturated heterocycles. The molecule has 0 amide bonds. The average Bonchev–Trinajstić information content (AvgIpc) is 2.13. The highest BCUT2D eigenvalue weighted by atomic mass is 17.2. The Morgan fingerprint density at radius 1 is 1.15 bits per heavy atom. The third-order valence-corrected chi connectivity index (χ3v) is 1.02. The van der Waals surface area contributed by atoms with Crippen molar-refractivity contribution in [1.29, 1.82) is 0 Å². The van der Waals surface area contributed by atoms with Gasteiger partial charge in [-0.05, 0) is 13.8 Å². The summed E-state index contributed by atoms with van der Waals surface area (Å²) in [6, 6.07) is 0. The molecule has 0 heterocycles. The molecule has 0 radical (unpaired) electrons. The Morgan fingerprint density at radius 2 is 1.77 bits per heavy atom. The zero-order valence-corrected chi connectivity index (χ0v) is 7.66. The SMILES string of the molecule is C=C(C(=O)OCC)C(=O)OOCC. The van der Waals surface area contributed by atoms with E-state index in [1.54, 1.807) is 13.8 Å². The topological polar surface area (TPSA) is 61.8 Å². The quantitative estimate of drug-likeness (QED) is 0.158. The molecular weight excluding hydrogens is 176 g/mol. The number of hydrogen-bond donors (Lipinski definition) is 0. The van der Waals surface area contributed by atoms with Crippen LogP contribution in [-0.2, 0) is 24.1 Å². The Balaban J connectivity index is 3.95. The minimum absolute atomic E-state index is 0.180. The molecule has 5 nitrogen and oxygen atoms in total. The van der Waals surface area contributed by atoms with Gasteiger partial charge in [-0.3, -0.25) is 4.89 Å². The Morgan fingerprint density at radius 3 is 2.23 bits per heavy atom. The summed E-state index contributed by atoms with van der Waals surface area (Å²) < 4.78 is 4.51. The summed E-state index contributed by atoms with van der Waals surface area (Å²) in [6.45, 7) is 6.85. The first-order valence-corrected chi connectivity index (χ1v) is 3.83. The maximum atomic E-state index is 10.9. The lowest BCUT2D eigenvalue weighted by Gasteiger charge is -2.03. The van der Waals surface area contributed by atoms with Crippen LogP contribution in [0.15, 0.2) is 12.2 Å². The largest absolute Gasteiger partial charge is 0.462 e. The van der Waals surface area contributed by atoms with Crippen molar-refractivity contribution < 1.29 is 24.1 Å². The van der Waals surface area contributed by atoms with Gasteiger partial charge in [0.05, 0.1) is 13.2 Å². The number of hydrogen-bond acceptors (Lipinski definition) is 5. The Kier molecular flexibility index (Phi) is 5.54. The fourth-order valence-electron chi connectivity index (χ4n) is 0.464. The summed E-state index contributed by atoms with van der Waals surface area (Å²) in [6.07, 6.45) is 0. The van der Waals surface area contributed by atoms with Crippen LogP contribution in [0.5, 0.6) is 0 Å². The van der Waals surface area contributed by atoms with Crippen molar-refractivity contribution >= 4 is 11.9 Å². The zero-order valence-electron chi connectivity index (χ0n) is 7.66. The van der Waals surface area contributed by atoms with Crippen molar-refractivity contribution in [2.75, 3.05) is 13.2 Å². The predicted octanol–water partition coefficient (Wildman–Crippen LogP) is 0.600. The van der Waals surface area contributed by atoms with Gasteiger partial charge in [-0.25, -0.2) is 9.59 Å². The molecule has 0 N–H and O–H groups in total. The van der Waals surface area contributed by atoms with Crippen molar-refractivity contribution in [3.63, 3.8) is 0 Å². The normalized spacial score (nSPS) is 9.08. The van der Waals surface area contributed by atoms with Crippen molar-refractivity contribution in [2.45, 2.75) is 13.8 Å². The lowest BCUT2D eigenvalue weighted by Crippen LogP contribution is -2.17. The Hall–Kier alpha value is -1.36. The van der Waals surface area contributed by atoms with E-state index in [0.29, 0.717) is 0 Å². The van der Waals surface area contributed by atoms with E-state index in [-0.39, 0.29) is 18.8 Å². The van der Waals surface area contributed by atoms with E-state index in [4.69, 9.17) is 0 Å². The van der Waals surface area contributed by atoms with E-state index >= 15 is 0 Å². The lowest BCUT2D eigenvalue weighted by molar-refractivity contribution is -0.265. The molecule has 0 aliphatic carbocycles. The highest BCUT2D eigenvalue weighted by Crippen LogP contribution is 1.98. The van der Waals surface area contributed by atoms with Crippen LogP contribution in [0.3, 0.4) is 0 Å². The fraction of sp³-hybridized carbons (Fsp3) is 0.500. The lowest BCUT2D eigenvalue weighted by atomic mass is 10.3. The van der Waals surface area contributed by atoms with Gasteiger partial charge < -0.3 is 4.74 Å². The summed E-state index contributed by atoms with van der Waals surface area (Å²) in [5.74, 6) is -1.73. The van der Waals surface area contributed by atoms with Crippen molar-refractivity contribution in [1.82, 2.24) is 0 Å². The smallest absolute Gasteiger partial charge is 0.379 e. The molecule has 0 aromatic carbocycles. The van der Waals surface area contributed by atoms with Gasteiger partial charge in [0.1, 0.15) is 5.57 Å². The van der Waals surface area contributed by atoms with E-state index in [1.165, 1.54) is 0 Å². The van der Waals surface area contributed by atoms with Crippen LogP contribution < -0.4 is 0 Å². The summed E-state index contributed by atoms with van der Waals surface area (Å²) in [7, 11) is 0. The van der Waals surface area contributed by atoms with Crippen LogP contribution in [-0.4, -0.2) is 25.2 Å². The van der Waals surface area contributed by atoms with Crippen molar-refractivity contribution in [2.24, 2.45) is 0 Å². The van der Waals surface area contributed by atoms with Gasteiger partial charge in [-0.15, -0.1) is 0 Å². The first kappa shape index (κ1) is 11.6. The molecule has 0 unspecified atom stereocenters. The molecule has 0 atom stereocenters. The van der Waals surface area contributed by atoms with Crippen molar-refractivity contribution in [3.8, 4) is 0 Å². The molecule has 13 heavy (non-hydrogen) atoms. The Labute approximate surface area is 76.2 Å². The summed E-state index contributed by atoms with van der Waals surface area (Å²) in [5.41, 5.74) is -0.379.